The lowest BCUT2D eigenvalue weighted by atomic mass is 9.84. The molecule has 0 atom stereocenters. The third-order valence-corrected chi connectivity index (χ3v) is 4.20. The van der Waals surface area contributed by atoms with Gasteiger partial charge in [0.25, 0.3) is 5.91 Å². The van der Waals surface area contributed by atoms with Crippen LogP contribution in [0.2, 0.25) is 5.02 Å². The number of hydrogen-bond donors (Lipinski definition) is 3. The first-order chi connectivity index (χ1) is 7.98. The van der Waals surface area contributed by atoms with Crippen molar-refractivity contribution in [3.05, 3.63) is 21.7 Å². The highest BCUT2D eigenvalue weighted by atomic mass is 35.5. The summed E-state index contributed by atoms with van der Waals surface area (Å²) in [4.78, 5) is 11.9. The molecular formula is C12H12ClNO3. The van der Waals surface area contributed by atoms with Crippen LogP contribution in [-0.4, -0.2) is 22.7 Å². The van der Waals surface area contributed by atoms with Crippen LogP contribution in [0.5, 0.6) is 11.5 Å². The maximum absolute atomic E-state index is 11.9. The monoisotopic (exact) mass is 253 g/mol. The molecule has 1 spiro atoms. The standard InChI is InChI=1S/C12H12ClNO3/c1-5-6-7(8(13)10(16)9(5)15)12(2-3-12)4-14-11(6)17/h15-16H,2-4H2,1H3,(H,14,17). The van der Waals surface area contributed by atoms with E-state index >= 15 is 0 Å². The van der Waals surface area contributed by atoms with Gasteiger partial charge in [0.1, 0.15) is 0 Å². The SMILES string of the molecule is Cc1c(O)c(O)c(Cl)c2c1C(=O)NCC21CC1. The average molecular weight is 254 g/mol. The van der Waals surface area contributed by atoms with Gasteiger partial charge >= 0.3 is 0 Å². The lowest BCUT2D eigenvalue weighted by Crippen LogP contribution is -2.40. The first kappa shape index (κ1) is 10.7. The highest BCUT2D eigenvalue weighted by Crippen LogP contribution is 2.56. The number of fused-ring (bicyclic) bond motifs is 2. The Labute approximate surface area is 103 Å². The molecule has 0 aromatic heterocycles. The first-order valence-corrected chi connectivity index (χ1v) is 5.88. The Kier molecular flexibility index (Phi) is 1.94. The minimum absolute atomic E-state index is 0.121. The fraction of sp³-hybridized carbons (Fsp3) is 0.417. The van der Waals surface area contributed by atoms with Gasteiger partial charge in [-0.05, 0) is 25.3 Å². The van der Waals surface area contributed by atoms with Gasteiger partial charge in [-0.25, -0.2) is 0 Å². The van der Waals surface area contributed by atoms with Gasteiger partial charge in [-0.15, -0.1) is 0 Å². The zero-order valence-corrected chi connectivity index (χ0v) is 10.1. The molecule has 1 amide bonds. The molecule has 4 nitrogen and oxygen atoms in total. The summed E-state index contributed by atoms with van der Waals surface area (Å²) in [6.07, 6.45) is 1.90. The molecule has 1 saturated carbocycles. The third-order valence-electron chi connectivity index (χ3n) is 3.83. The molecular weight excluding hydrogens is 242 g/mol. The van der Waals surface area contributed by atoms with Gasteiger partial charge in [0, 0.05) is 17.5 Å². The van der Waals surface area contributed by atoms with E-state index in [4.69, 9.17) is 11.6 Å². The van der Waals surface area contributed by atoms with Crippen LogP contribution in [0.3, 0.4) is 0 Å². The topological polar surface area (TPSA) is 69.6 Å². The number of amides is 1. The number of nitrogens with one attached hydrogen (secondary N) is 1. The maximum atomic E-state index is 11.9. The first-order valence-electron chi connectivity index (χ1n) is 5.50. The molecule has 0 unspecified atom stereocenters. The predicted octanol–water partition coefficient (Wildman–Crippen LogP) is 1.83. The van der Waals surface area contributed by atoms with Gasteiger partial charge < -0.3 is 15.5 Å². The molecule has 90 valence electrons. The number of phenols is 2. The molecule has 17 heavy (non-hydrogen) atoms. The molecule has 0 bridgehead atoms. The minimum atomic E-state index is -0.316. The second-order valence-electron chi connectivity index (χ2n) is 4.85. The number of phenolic OH excluding ortho intramolecular Hbond substituents is 2. The molecule has 1 fully saturated rings. The van der Waals surface area contributed by atoms with Gasteiger partial charge in [-0.3, -0.25) is 4.79 Å². The van der Waals surface area contributed by atoms with E-state index in [2.05, 4.69) is 5.32 Å². The van der Waals surface area contributed by atoms with Crippen molar-refractivity contribution in [3.63, 3.8) is 0 Å². The van der Waals surface area contributed by atoms with E-state index < -0.39 is 0 Å². The highest BCUT2D eigenvalue weighted by molar-refractivity contribution is 6.34. The van der Waals surface area contributed by atoms with Gasteiger partial charge in [0.05, 0.1) is 10.6 Å². The van der Waals surface area contributed by atoms with E-state index in [-0.39, 0.29) is 27.8 Å². The van der Waals surface area contributed by atoms with Crippen molar-refractivity contribution in [1.82, 2.24) is 5.32 Å². The van der Waals surface area contributed by atoms with E-state index in [1.165, 1.54) is 0 Å². The van der Waals surface area contributed by atoms with Crippen LogP contribution in [0.1, 0.15) is 34.3 Å². The molecule has 3 N–H and O–H groups in total. The number of halogens is 1. The van der Waals surface area contributed by atoms with Crippen LogP contribution in [-0.2, 0) is 5.41 Å². The van der Waals surface area contributed by atoms with E-state index in [1.807, 2.05) is 0 Å². The molecule has 1 aliphatic heterocycles. The fourth-order valence-corrected chi connectivity index (χ4v) is 2.99. The summed E-state index contributed by atoms with van der Waals surface area (Å²) in [6.45, 7) is 2.17. The van der Waals surface area contributed by atoms with Crippen molar-refractivity contribution in [2.24, 2.45) is 0 Å². The lowest BCUT2D eigenvalue weighted by molar-refractivity contribution is 0.0936. The summed E-state index contributed by atoms with van der Waals surface area (Å²) in [5.41, 5.74) is 1.39. The Morgan fingerprint density at radius 3 is 2.53 bits per heavy atom. The largest absolute Gasteiger partial charge is 0.504 e. The van der Waals surface area contributed by atoms with Crippen molar-refractivity contribution in [2.75, 3.05) is 6.54 Å². The van der Waals surface area contributed by atoms with E-state index in [9.17, 15) is 15.0 Å². The summed E-state index contributed by atoms with van der Waals surface area (Å²) in [7, 11) is 0. The molecule has 1 aromatic rings. The molecule has 2 aliphatic rings. The quantitative estimate of drug-likeness (QED) is 0.618. The van der Waals surface area contributed by atoms with Crippen LogP contribution in [0.15, 0.2) is 0 Å². The van der Waals surface area contributed by atoms with Crippen LogP contribution in [0.25, 0.3) is 0 Å². The molecule has 1 heterocycles. The van der Waals surface area contributed by atoms with E-state index in [0.717, 1.165) is 12.8 Å². The summed E-state index contributed by atoms with van der Waals surface area (Å²) in [5, 5.41) is 22.4. The van der Waals surface area contributed by atoms with Gasteiger partial charge in [-0.2, -0.15) is 0 Å². The van der Waals surface area contributed by atoms with Crippen molar-refractivity contribution < 1.29 is 15.0 Å². The Morgan fingerprint density at radius 1 is 1.29 bits per heavy atom. The van der Waals surface area contributed by atoms with Crippen LogP contribution in [0.4, 0.5) is 0 Å². The van der Waals surface area contributed by atoms with E-state index in [0.29, 0.717) is 23.2 Å². The predicted molar refractivity (Wildman–Crippen MR) is 62.8 cm³/mol. The summed E-state index contributed by atoms with van der Waals surface area (Å²) in [6, 6.07) is 0. The molecule has 0 radical (unpaired) electrons. The Hall–Kier alpha value is -1.42. The number of aromatic hydroxyl groups is 2. The summed E-state index contributed by atoms with van der Waals surface area (Å²) < 4.78 is 0. The number of carbonyl (C=O) groups is 1. The summed E-state index contributed by atoms with van der Waals surface area (Å²) in [5.74, 6) is -0.849. The number of benzene rings is 1. The number of carbonyl (C=O) groups excluding carboxylic acids is 1. The van der Waals surface area contributed by atoms with Crippen LogP contribution in [0, 0.1) is 6.92 Å². The highest BCUT2D eigenvalue weighted by Gasteiger charge is 2.51. The normalized spacial score (nSPS) is 20.0. The smallest absolute Gasteiger partial charge is 0.252 e. The molecule has 3 rings (SSSR count). The lowest BCUT2D eigenvalue weighted by Gasteiger charge is -2.28. The number of hydrogen-bond acceptors (Lipinski definition) is 3. The summed E-state index contributed by atoms with van der Waals surface area (Å²) >= 11 is 6.09. The zero-order chi connectivity index (χ0) is 12.4. The molecule has 0 saturated heterocycles. The Bertz CT molecular complexity index is 549. The minimum Gasteiger partial charge on any atom is -0.504 e. The fourth-order valence-electron chi connectivity index (χ4n) is 2.60. The van der Waals surface area contributed by atoms with Gasteiger partial charge in [0.15, 0.2) is 11.5 Å². The Balaban J connectivity index is 2.39. The second kappa shape index (κ2) is 3.07. The van der Waals surface area contributed by atoms with E-state index in [1.54, 1.807) is 6.92 Å². The molecule has 1 aliphatic carbocycles. The number of rotatable bonds is 0. The molecule has 1 aromatic carbocycles. The average Bonchev–Trinajstić information content (AvgIpc) is 3.07. The van der Waals surface area contributed by atoms with Crippen LogP contribution < -0.4 is 5.32 Å². The maximum Gasteiger partial charge on any atom is 0.252 e. The Morgan fingerprint density at radius 2 is 1.94 bits per heavy atom. The zero-order valence-electron chi connectivity index (χ0n) is 9.30. The van der Waals surface area contributed by atoms with Crippen molar-refractivity contribution in [3.8, 4) is 11.5 Å². The van der Waals surface area contributed by atoms with Gasteiger partial charge in [0.2, 0.25) is 0 Å². The van der Waals surface area contributed by atoms with Crippen molar-refractivity contribution >= 4 is 17.5 Å². The van der Waals surface area contributed by atoms with Gasteiger partial charge in [-0.1, -0.05) is 11.6 Å². The second-order valence-corrected chi connectivity index (χ2v) is 5.23. The molecule has 5 heteroatoms. The van der Waals surface area contributed by atoms with Crippen molar-refractivity contribution in [2.45, 2.75) is 25.2 Å². The van der Waals surface area contributed by atoms with Crippen LogP contribution >= 0.6 is 11.6 Å². The van der Waals surface area contributed by atoms with Crippen molar-refractivity contribution in [1.29, 1.82) is 0 Å². The third kappa shape index (κ3) is 1.21.